The van der Waals surface area contributed by atoms with Gasteiger partial charge in [0.15, 0.2) is 17.6 Å². The van der Waals surface area contributed by atoms with E-state index in [1.165, 1.54) is 31.4 Å². The first-order chi connectivity index (χ1) is 10.8. The van der Waals surface area contributed by atoms with Crippen LogP contribution in [0.15, 0.2) is 24.3 Å². The number of carbonyl (C=O) groups is 3. The summed E-state index contributed by atoms with van der Waals surface area (Å²) in [5.41, 5.74) is 0.433. The van der Waals surface area contributed by atoms with Gasteiger partial charge < -0.3 is 29.9 Å². The molecular formula is C14H14O9. The number of phenols is 1. The molecule has 0 radical (unpaired) electrons. The van der Waals surface area contributed by atoms with Crippen LogP contribution in [0.2, 0.25) is 0 Å². The van der Waals surface area contributed by atoms with Crippen molar-refractivity contribution >= 4 is 24.0 Å². The van der Waals surface area contributed by atoms with Gasteiger partial charge in [-0.15, -0.1) is 0 Å². The first kappa shape index (κ1) is 18.0. The van der Waals surface area contributed by atoms with E-state index in [1.54, 1.807) is 0 Å². The van der Waals surface area contributed by atoms with E-state index in [2.05, 4.69) is 4.74 Å². The molecule has 9 nitrogen and oxygen atoms in total. The Morgan fingerprint density at radius 1 is 1.17 bits per heavy atom. The van der Waals surface area contributed by atoms with Gasteiger partial charge in [0.1, 0.15) is 0 Å². The highest BCUT2D eigenvalue weighted by Gasteiger charge is 2.35. The number of esters is 1. The fourth-order valence-electron chi connectivity index (χ4n) is 1.51. The summed E-state index contributed by atoms with van der Waals surface area (Å²) in [5, 5.41) is 35.9. The van der Waals surface area contributed by atoms with Crippen LogP contribution in [0.5, 0.6) is 11.5 Å². The lowest BCUT2D eigenvalue weighted by molar-refractivity contribution is -0.176. The van der Waals surface area contributed by atoms with E-state index < -0.39 is 30.1 Å². The summed E-state index contributed by atoms with van der Waals surface area (Å²) in [5.74, 6) is -4.75. The third-order valence-corrected chi connectivity index (χ3v) is 2.64. The van der Waals surface area contributed by atoms with Crippen molar-refractivity contribution < 1.29 is 44.3 Å². The van der Waals surface area contributed by atoms with Crippen LogP contribution in [0.25, 0.3) is 6.08 Å². The van der Waals surface area contributed by atoms with Crippen molar-refractivity contribution in [3.63, 3.8) is 0 Å². The Labute approximate surface area is 130 Å². The Kier molecular flexibility index (Phi) is 6.10. The number of methoxy groups -OCH3 is 1. The molecule has 0 bridgehead atoms. The number of carboxylic acids is 2. The molecule has 2 atom stereocenters. The SMILES string of the molecule is COc1cc(/C=C/C(=O)O[C@H](C(=O)O)[C@H](O)C(=O)O)ccc1O. The number of carbonyl (C=O) groups excluding carboxylic acids is 1. The zero-order valence-electron chi connectivity index (χ0n) is 11.9. The minimum absolute atomic E-state index is 0.109. The van der Waals surface area contributed by atoms with Gasteiger partial charge in [0.2, 0.25) is 6.10 Å². The molecule has 0 amide bonds. The van der Waals surface area contributed by atoms with E-state index in [4.69, 9.17) is 20.1 Å². The normalized spacial score (nSPS) is 13.3. The zero-order chi connectivity index (χ0) is 17.6. The number of rotatable bonds is 7. The van der Waals surface area contributed by atoms with Gasteiger partial charge in [-0.2, -0.15) is 0 Å². The highest BCUT2D eigenvalue weighted by molar-refractivity contribution is 5.91. The first-order valence-corrected chi connectivity index (χ1v) is 6.15. The average molecular weight is 326 g/mol. The van der Waals surface area contributed by atoms with E-state index in [9.17, 15) is 19.5 Å². The highest BCUT2D eigenvalue weighted by Crippen LogP contribution is 2.26. The van der Waals surface area contributed by atoms with Gasteiger partial charge >= 0.3 is 17.9 Å². The molecule has 0 saturated carbocycles. The summed E-state index contributed by atoms with van der Waals surface area (Å²) in [7, 11) is 1.33. The van der Waals surface area contributed by atoms with Gasteiger partial charge in [0.05, 0.1) is 7.11 Å². The standard InChI is InChI=1S/C14H14O9/c1-22-9-6-7(2-4-8(9)15)3-5-10(16)23-12(14(20)21)11(17)13(18)19/h2-6,11-12,15,17H,1H3,(H,18,19)(H,20,21)/b5-3+/t11-,12-/m0/s1. The van der Waals surface area contributed by atoms with Crippen LogP contribution < -0.4 is 4.74 Å². The summed E-state index contributed by atoms with van der Waals surface area (Å²) >= 11 is 0. The van der Waals surface area contributed by atoms with Crippen LogP contribution in [0.1, 0.15) is 5.56 Å². The third kappa shape index (κ3) is 5.00. The number of phenolic OH excluding ortho intramolecular Hbond substituents is 1. The Morgan fingerprint density at radius 2 is 1.83 bits per heavy atom. The maximum absolute atomic E-state index is 11.5. The molecule has 0 unspecified atom stereocenters. The smallest absolute Gasteiger partial charge is 0.348 e. The third-order valence-electron chi connectivity index (χ3n) is 2.64. The maximum Gasteiger partial charge on any atom is 0.348 e. The fourth-order valence-corrected chi connectivity index (χ4v) is 1.51. The Bertz CT molecular complexity index is 635. The topological polar surface area (TPSA) is 151 Å². The molecule has 124 valence electrons. The lowest BCUT2D eigenvalue weighted by Crippen LogP contribution is -2.42. The molecule has 23 heavy (non-hydrogen) atoms. The maximum atomic E-state index is 11.5. The zero-order valence-corrected chi connectivity index (χ0v) is 11.9. The molecule has 0 spiro atoms. The monoisotopic (exact) mass is 326 g/mol. The number of aliphatic hydroxyl groups is 1. The minimum atomic E-state index is -2.39. The van der Waals surface area contributed by atoms with E-state index in [0.717, 1.165) is 6.08 Å². The van der Waals surface area contributed by atoms with Crippen LogP contribution in [0, 0.1) is 0 Å². The molecule has 1 aromatic carbocycles. The minimum Gasteiger partial charge on any atom is -0.504 e. The summed E-state index contributed by atoms with van der Waals surface area (Å²) in [6, 6.07) is 4.17. The van der Waals surface area contributed by atoms with Crippen LogP contribution in [-0.2, 0) is 19.1 Å². The summed E-state index contributed by atoms with van der Waals surface area (Å²) in [6.45, 7) is 0. The lowest BCUT2D eigenvalue weighted by atomic mass is 10.2. The molecule has 0 aliphatic rings. The van der Waals surface area contributed by atoms with Crippen molar-refractivity contribution in [3.8, 4) is 11.5 Å². The van der Waals surface area contributed by atoms with Crippen molar-refractivity contribution in [3.05, 3.63) is 29.8 Å². The second kappa shape index (κ2) is 7.80. The quantitative estimate of drug-likeness (QED) is 0.396. The number of ether oxygens (including phenoxy) is 2. The fraction of sp³-hybridized carbons (Fsp3) is 0.214. The lowest BCUT2D eigenvalue weighted by Gasteiger charge is -2.15. The van der Waals surface area contributed by atoms with E-state index in [0.29, 0.717) is 5.56 Å². The molecule has 0 aliphatic carbocycles. The molecule has 9 heteroatoms. The van der Waals surface area contributed by atoms with Gasteiger partial charge in [0.25, 0.3) is 0 Å². The van der Waals surface area contributed by atoms with Gasteiger partial charge in [0, 0.05) is 6.08 Å². The molecule has 0 aliphatic heterocycles. The molecule has 4 N–H and O–H groups in total. The predicted molar refractivity (Wildman–Crippen MR) is 74.9 cm³/mol. The second-order valence-corrected chi connectivity index (χ2v) is 4.24. The largest absolute Gasteiger partial charge is 0.504 e. The van der Waals surface area contributed by atoms with Crippen LogP contribution in [0.4, 0.5) is 0 Å². The van der Waals surface area contributed by atoms with Crippen LogP contribution in [-0.4, -0.2) is 57.7 Å². The number of carboxylic acid groups (broad SMARTS) is 2. The van der Waals surface area contributed by atoms with Gasteiger partial charge in [-0.3, -0.25) is 0 Å². The Balaban J connectivity index is 2.82. The van der Waals surface area contributed by atoms with Crippen molar-refractivity contribution in [2.75, 3.05) is 7.11 Å². The van der Waals surface area contributed by atoms with Gasteiger partial charge in [-0.25, -0.2) is 14.4 Å². The predicted octanol–water partition coefficient (Wildman–Crippen LogP) is -0.144. The van der Waals surface area contributed by atoms with Crippen molar-refractivity contribution in [2.45, 2.75) is 12.2 Å². The highest BCUT2D eigenvalue weighted by atomic mass is 16.6. The second-order valence-electron chi connectivity index (χ2n) is 4.24. The number of hydrogen-bond acceptors (Lipinski definition) is 7. The molecule has 1 rings (SSSR count). The van der Waals surface area contributed by atoms with E-state index in [-0.39, 0.29) is 11.5 Å². The summed E-state index contributed by atoms with van der Waals surface area (Å²) < 4.78 is 9.27. The van der Waals surface area contributed by atoms with Crippen molar-refractivity contribution in [1.29, 1.82) is 0 Å². The number of aromatic hydroxyl groups is 1. The van der Waals surface area contributed by atoms with Crippen LogP contribution in [0.3, 0.4) is 0 Å². The van der Waals surface area contributed by atoms with Crippen molar-refractivity contribution in [1.82, 2.24) is 0 Å². The number of aliphatic carboxylic acids is 2. The molecule has 0 heterocycles. The van der Waals surface area contributed by atoms with E-state index in [1.807, 2.05) is 0 Å². The van der Waals surface area contributed by atoms with Crippen molar-refractivity contribution in [2.24, 2.45) is 0 Å². The molecule has 0 fully saturated rings. The van der Waals surface area contributed by atoms with E-state index >= 15 is 0 Å². The summed E-state index contributed by atoms with van der Waals surface area (Å²) in [6.07, 6.45) is -2.55. The Hall–Kier alpha value is -3.07. The molecule has 1 aromatic rings. The molecular weight excluding hydrogens is 312 g/mol. The number of benzene rings is 1. The Morgan fingerprint density at radius 3 is 2.35 bits per heavy atom. The molecule has 0 saturated heterocycles. The van der Waals surface area contributed by atoms with Gasteiger partial charge in [-0.1, -0.05) is 6.07 Å². The van der Waals surface area contributed by atoms with Crippen LogP contribution >= 0.6 is 0 Å². The van der Waals surface area contributed by atoms with Gasteiger partial charge in [-0.05, 0) is 23.8 Å². The average Bonchev–Trinajstić information content (AvgIpc) is 2.50. The first-order valence-electron chi connectivity index (χ1n) is 6.15. The number of hydrogen-bond donors (Lipinski definition) is 4. The summed E-state index contributed by atoms with van der Waals surface area (Å²) in [4.78, 5) is 32.9. The number of aliphatic hydroxyl groups excluding tert-OH is 1. The molecule has 0 aromatic heterocycles.